The van der Waals surface area contributed by atoms with E-state index in [-0.39, 0.29) is 6.10 Å². The Morgan fingerprint density at radius 3 is 3.38 bits per heavy atom. The summed E-state index contributed by atoms with van der Waals surface area (Å²) in [6.45, 7) is 3.32. The highest BCUT2D eigenvalue weighted by Gasteiger charge is 2.13. The minimum Gasteiger partial charge on any atom is -0.493 e. The average molecular weight is 223 g/mol. The summed E-state index contributed by atoms with van der Waals surface area (Å²) in [5.74, 6) is 1.52. The maximum absolute atomic E-state index is 5.58. The largest absolute Gasteiger partial charge is 0.493 e. The number of methoxy groups -OCH3 is 1. The molecule has 0 aromatic carbocycles. The molecule has 0 amide bonds. The molecule has 0 spiro atoms. The summed E-state index contributed by atoms with van der Waals surface area (Å²) in [5.41, 5.74) is 0. The van der Waals surface area contributed by atoms with Gasteiger partial charge in [0, 0.05) is 25.8 Å². The highest BCUT2D eigenvalue weighted by Crippen LogP contribution is 2.19. The van der Waals surface area contributed by atoms with E-state index >= 15 is 0 Å². The molecule has 1 aliphatic rings. The molecular formula is C11H17N3O2. The minimum absolute atomic E-state index is 0.195. The number of ether oxygens (including phenoxy) is 2. The second-order valence-electron chi connectivity index (χ2n) is 3.63. The zero-order valence-corrected chi connectivity index (χ0v) is 9.40. The molecule has 88 valence electrons. The first kappa shape index (κ1) is 11.2. The topological polar surface area (TPSA) is 55.4 Å². The molecule has 1 unspecified atom stereocenters. The molecule has 1 atom stereocenters. The van der Waals surface area contributed by atoms with Crippen LogP contribution in [0.5, 0.6) is 5.75 Å². The number of morpholine rings is 1. The Bertz CT molecular complexity index is 327. The number of rotatable bonds is 4. The summed E-state index contributed by atoms with van der Waals surface area (Å²) in [6, 6.07) is 3.73. The number of anilines is 1. The Labute approximate surface area is 95.2 Å². The van der Waals surface area contributed by atoms with Crippen molar-refractivity contribution in [2.45, 2.75) is 6.10 Å². The van der Waals surface area contributed by atoms with Crippen molar-refractivity contribution < 1.29 is 9.47 Å². The smallest absolute Gasteiger partial charge is 0.168 e. The first-order valence-electron chi connectivity index (χ1n) is 5.45. The monoisotopic (exact) mass is 223 g/mol. The van der Waals surface area contributed by atoms with Crippen LogP contribution in [0.2, 0.25) is 0 Å². The van der Waals surface area contributed by atoms with Crippen LogP contribution in [0, 0.1) is 0 Å². The average Bonchev–Trinajstić information content (AvgIpc) is 2.38. The van der Waals surface area contributed by atoms with Gasteiger partial charge in [0.1, 0.15) is 0 Å². The second-order valence-corrected chi connectivity index (χ2v) is 3.63. The van der Waals surface area contributed by atoms with Gasteiger partial charge in [0.05, 0.1) is 19.8 Å². The van der Waals surface area contributed by atoms with Crippen LogP contribution in [0.25, 0.3) is 0 Å². The number of hydrogen-bond donors (Lipinski definition) is 2. The van der Waals surface area contributed by atoms with Crippen LogP contribution in [0.4, 0.5) is 5.82 Å². The SMILES string of the molecule is COc1cccnc1NCC1CNCCO1. The molecule has 0 saturated carbocycles. The van der Waals surface area contributed by atoms with Gasteiger partial charge in [0.25, 0.3) is 0 Å². The van der Waals surface area contributed by atoms with Crippen molar-refractivity contribution in [2.24, 2.45) is 0 Å². The fourth-order valence-corrected chi connectivity index (χ4v) is 1.65. The molecule has 16 heavy (non-hydrogen) atoms. The van der Waals surface area contributed by atoms with Crippen molar-refractivity contribution in [2.75, 3.05) is 38.7 Å². The third-order valence-electron chi connectivity index (χ3n) is 2.49. The maximum atomic E-state index is 5.58. The zero-order valence-electron chi connectivity index (χ0n) is 9.40. The van der Waals surface area contributed by atoms with Crippen LogP contribution in [-0.4, -0.2) is 44.4 Å². The van der Waals surface area contributed by atoms with Gasteiger partial charge >= 0.3 is 0 Å². The molecule has 1 fully saturated rings. The predicted octanol–water partition coefficient (Wildman–Crippen LogP) is 0.490. The van der Waals surface area contributed by atoms with Gasteiger partial charge in [-0.25, -0.2) is 4.98 Å². The molecule has 0 bridgehead atoms. The van der Waals surface area contributed by atoms with Crippen LogP contribution < -0.4 is 15.4 Å². The highest BCUT2D eigenvalue weighted by atomic mass is 16.5. The summed E-state index contributed by atoms with van der Waals surface area (Å²) >= 11 is 0. The van der Waals surface area contributed by atoms with Gasteiger partial charge in [-0.2, -0.15) is 0 Å². The van der Waals surface area contributed by atoms with E-state index in [2.05, 4.69) is 15.6 Å². The first-order chi connectivity index (χ1) is 7.90. The molecular weight excluding hydrogens is 206 g/mol. The molecule has 2 heterocycles. The van der Waals surface area contributed by atoms with E-state index in [0.717, 1.165) is 37.8 Å². The summed E-state index contributed by atoms with van der Waals surface area (Å²) < 4.78 is 10.8. The van der Waals surface area contributed by atoms with Gasteiger partial charge in [0.2, 0.25) is 0 Å². The van der Waals surface area contributed by atoms with Gasteiger partial charge in [-0.05, 0) is 12.1 Å². The lowest BCUT2D eigenvalue weighted by Crippen LogP contribution is -2.42. The number of pyridine rings is 1. The molecule has 2 N–H and O–H groups in total. The van der Waals surface area contributed by atoms with Crippen LogP contribution in [-0.2, 0) is 4.74 Å². The van der Waals surface area contributed by atoms with E-state index in [1.807, 2.05) is 12.1 Å². The number of hydrogen-bond acceptors (Lipinski definition) is 5. The Morgan fingerprint density at radius 2 is 2.62 bits per heavy atom. The maximum Gasteiger partial charge on any atom is 0.168 e. The molecule has 1 aliphatic heterocycles. The minimum atomic E-state index is 0.195. The lowest BCUT2D eigenvalue weighted by Gasteiger charge is -2.24. The Hall–Kier alpha value is -1.33. The van der Waals surface area contributed by atoms with E-state index in [9.17, 15) is 0 Å². The van der Waals surface area contributed by atoms with E-state index in [1.54, 1.807) is 13.3 Å². The van der Waals surface area contributed by atoms with Crippen LogP contribution in [0.15, 0.2) is 18.3 Å². The van der Waals surface area contributed by atoms with E-state index in [1.165, 1.54) is 0 Å². The summed E-state index contributed by atoms with van der Waals surface area (Å²) in [7, 11) is 1.64. The molecule has 1 aromatic heterocycles. The van der Waals surface area contributed by atoms with E-state index in [0.29, 0.717) is 0 Å². The number of nitrogens with one attached hydrogen (secondary N) is 2. The molecule has 0 aliphatic carbocycles. The van der Waals surface area contributed by atoms with Gasteiger partial charge in [-0.3, -0.25) is 0 Å². The molecule has 1 aromatic rings. The number of aromatic nitrogens is 1. The van der Waals surface area contributed by atoms with Gasteiger partial charge in [0.15, 0.2) is 11.6 Å². The Kier molecular flexibility index (Phi) is 3.96. The summed E-state index contributed by atoms with van der Waals surface area (Å²) in [6.07, 6.45) is 1.94. The van der Waals surface area contributed by atoms with Crippen molar-refractivity contribution >= 4 is 5.82 Å². The van der Waals surface area contributed by atoms with E-state index in [4.69, 9.17) is 9.47 Å². The van der Waals surface area contributed by atoms with Crippen molar-refractivity contribution in [1.29, 1.82) is 0 Å². The van der Waals surface area contributed by atoms with Gasteiger partial charge < -0.3 is 20.1 Å². The third kappa shape index (κ3) is 2.84. The van der Waals surface area contributed by atoms with Crippen molar-refractivity contribution in [3.8, 4) is 5.75 Å². The first-order valence-corrected chi connectivity index (χ1v) is 5.45. The van der Waals surface area contributed by atoms with Crippen LogP contribution in [0.3, 0.4) is 0 Å². The lowest BCUT2D eigenvalue weighted by atomic mass is 10.3. The molecule has 5 nitrogen and oxygen atoms in total. The molecule has 5 heteroatoms. The predicted molar refractivity (Wildman–Crippen MR) is 61.9 cm³/mol. The number of nitrogens with zero attached hydrogens (tertiary/aromatic N) is 1. The zero-order chi connectivity index (χ0) is 11.2. The fraction of sp³-hybridized carbons (Fsp3) is 0.545. The third-order valence-corrected chi connectivity index (χ3v) is 2.49. The van der Waals surface area contributed by atoms with Crippen molar-refractivity contribution in [3.63, 3.8) is 0 Å². The standard InChI is InChI=1S/C11H17N3O2/c1-15-10-3-2-4-13-11(10)14-8-9-7-12-5-6-16-9/h2-4,9,12H,5-8H2,1H3,(H,13,14). The summed E-state index contributed by atoms with van der Waals surface area (Å²) in [4.78, 5) is 4.22. The Balaban J connectivity index is 1.88. The quantitative estimate of drug-likeness (QED) is 0.778. The van der Waals surface area contributed by atoms with Gasteiger partial charge in [-0.15, -0.1) is 0 Å². The summed E-state index contributed by atoms with van der Waals surface area (Å²) in [5, 5.41) is 6.52. The van der Waals surface area contributed by atoms with E-state index < -0.39 is 0 Å². The molecule has 1 saturated heterocycles. The van der Waals surface area contributed by atoms with Crippen molar-refractivity contribution in [3.05, 3.63) is 18.3 Å². The molecule has 2 rings (SSSR count). The fourth-order valence-electron chi connectivity index (χ4n) is 1.65. The van der Waals surface area contributed by atoms with Crippen LogP contribution >= 0.6 is 0 Å². The van der Waals surface area contributed by atoms with Crippen molar-refractivity contribution in [1.82, 2.24) is 10.3 Å². The Morgan fingerprint density at radius 1 is 1.69 bits per heavy atom. The highest BCUT2D eigenvalue weighted by molar-refractivity contribution is 5.49. The lowest BCUT2D eigenvalue weighted by molar-refractivity contribution is 0.0371. The molecule has 0 radical (unpaired) electrons. The van der Waals surface area contributed by atoms with Crippen LogP contribution in [0.1, 0.15) is 0 Å². The normalized spacial score (nSPS) is 20.4. The van der Waals surface area contributed by atoms with Gasteiger partial charge in [-0.1, -0.05) is 0 Å². The second kappa shape index (κ2) is 5.67.